The van der Waals surface area contributed by atoms with E-state index in [1.165, 1.54) is 12.0 Å². The smallest absolute Gasteiger partial charge is 0.222 e. The number of amides is 1. The van der Waals surface area contributed by atoms with Crippen molar-refractivity contribution in [2.75, 3.05) is 33.4 Å². The molecule has 5 rings (SSSR count). The van der Waals surface area contributed by atoms with Gasteiger partial charge >= 0.3 is 0 Å². The van der Waals surface area contributed by atoms with Crippen LogP contribution in [0.25, 0.3) is 11.1 Å². The maximum atomic E-state index is 13.2. The number of aromatic nitrogens is 1. The Bertz CT molecular complexity index is 1660. The van der Waals surface area contributed by atoms with Crippen LogP contribution in [0.15, 0.2) is 54.9 Å². The van der Waals surface area contributed by atoms with Crippen molar-refractivity contribution in [1.29, 1.82) is 0 Å². The van der Waals surface area contributed by atoms with Crippen molar-refractivity contribution in [2.45, 2.75) is 100 Å². The molecule has 3 aromatic rings. The van der Waals surface area contributed by atoms with Crippen LogP contribution in [-0.4, -0.2) is 116 Å². The highest BCUT2D eigenvalue weighted by molar-refractivity contribution is 6.34. The van der Waals surface area contributed by atoms with Crippen molar-refractivity contribution in [1.82, 2.24) is 9.88 Å². The molecule has 0 aliphatic heterocycles. The highest BCUT2D eigenvalue weighted by atomic mass is 35.5. The molecule has 290 valence electrons. The second-order valence-corrected chi connectivity index (χ2v) is 14.8. The Kier molecular flexibility index (Phi) is 14.9. The van der Waals surface area contributed by atoms with Crippen LogP contribution in [0.4, 0.5) is 0 Å². The lowest BCUT2D eigenvalue weighted by Gasteiger charge is -2.31. The van der Waals surface area contributed by atoms with Crippen LogP contribution < -0.4 is 4.74 Å². The number of pyridine rings is 1. The van der Waals surface area contributed by atoms with Crippen LogP contribution in [0.1, 0.15) is 61.6 Å². The molecule has 0 spiro atoms. The van der Waals surface area contributed by atoms with Gasteiger partial charge in [-0.2, -0.15) is 0 Å². The van der Waals surface area contributed by atoms with E-state index in [-0.39, 0.29) is 32.3 Å². The normalized spacial score (nSPS) is 17.8. The molecule has 14 heteroatoms. The number of halogens is 2. The van der Waals surface area contributed by atoms with Crippen LogP contribution in [0.5, 0.6) is 5.75 Å². The third-order valence-corrected chi connectivity index (χ3v) is 10.4. The van der Waals surface area contributed by atoms with E-state index in [1.54, 1.807) is 6.20 Å². The molecule has 1 aromatic heterocycles. The van der Waals surface area contributed by atoms with Crippen molar-refractivity contribution < 1.29 is 49.6 Å². The average molecular weight is 778 g/mol. The van der Waals surface area contributed by atoms with E-state index in [0.717, 1.165) is 59.3 Å². The molecular formula is C39H50Cl2N2O10. The van der Waals surface area contributed by atoms with E-state index in [1.807, 2.05) is 42.6 Å². The zero-order valence-electron chi connectivity index (χ0n) is 29.8. The summed E-state index contributed by atoms with van der Waals surface area (Å²) >= 11 is 13.5. The molecule has 0 saturated heterocycles. The first-order valence-corrected chi connectivity index (χ1v) is 18.8. The topological polar surface area (TPSA) is 182 Å². The summed E-state index contributed by atoms with van der Waals surface area (Å²) in [5, 5.41) is 60.7. The van der Waals surface area contributed by atoms with Gasteiger partial charge in [0.25, 0.3) is 0 Å². The maximum Gasteiger partial charge on any atom is 0.222 e. The van der Waals surface area contributed by atoms with Crippen molar-refractivity contribution in [3.8, 4) is 16.9 Å². The minimum Gasteiger partial charge on any atom is -0.490 e. The van der Waals surface area contributed by atoms with Gasteiger partial charge < -0.3 is 49.7 Å². The first kappa shape index (κ1) is 41.3. The Hall–Kier alpha value is -2.88. The first-order valence-electron chi connectivity index (χ1n) is 18.1. The number of aliphatic hydroxyl groups excluding tert-OH is 6. The number of methoxy groups -OCH3 is 1. The number of carbonyl (C=O) groups is 1. The molecule has 2 aliphatic rings. The van der Waals surface area contributed by atoms with Gasteiger partial charge in [-0.15, -0.1) is 0 Å². The quantitative estimate of drug-likeness (QED) is 0.0818. The fraction of sp³-hybridized carbons (Fsp3) is 0.538. The van der Waals surface area contributed by atoms with Gasteiger partial charge in [-0.3, -0.25) is 9.78 Å². The van der Waals surface area contributed by atoms with Crippen molar-refractivity contribution in [3.05, 3.63) is 81.6 Å². The highest BCUT2D eigenvalue weighted by Crippen LogP contribution is 2.53. The van der Waals surface area contributed by atoms with Gasteiger partial charge in [-0.1, -0.05) is 41.4 Å². The molecular weight excluding hydrogens is 727 g/mol. The molecule has 53 heavy (non-hydrogen) atoms. The van der Waals surface area contributed by atoms with Gasteiger partial charge in [0.1, 0.15) is 30.2 Å². The van der Waals surface area contributed by atoms with Crippen molar-refractivity contribution in [2.24, 2.45) is 0 Å². The Labute approximate surface area is 319 Å². The standard InChI is InChI=1S/C39H50Cl2N2O10/c1-51-23-26(45)19-43(20-33(46)37(49)38(50)34(47)21-44)36(48)9-5-2-6-24-16-32(41)25(17-31(24)40)22-52-39(13-14-39)30-18-42-15-12-28(30)29-7-3-4-8-35(29)53-27-10-11-27/h3-4,7-8,12,15-18,26-27,33-34,37-38,44-47,49-50H,2,5-6,9-11,13-14,19-23H2,1H3/t26-,33+,34-,37-,38-/m1/s1. The molecule has 2 aliphatic carbocycles. The van der Waals surface area contributed by atoms with Gasteiger partial charge in [-0.25, -0.2) is 0 Å². The summed E-state index contributed by atoms with van der Waals surface area (Å²) in [5.74, 6) is 0.461. The number of nitrogens with zero attached hydrogens (tertiary/aromatic N) is 2. The second-order valence-electron chi connectivity index (χ2n) is 14.0. The number of hydrogen-bond acceptors (Lipinski definition) is 11. The van der Waals surface area contributed by atoms with Crippen LogP contribution in [0, 0.1) is 0 Å². The van der Waals surface area contributed by atoms with E-state index in [4.69, 9.17) is 42.5 Å². The number of rotatable bonds is 22. The van der Waals surface area contributed by atoms with Crippen molar-refractivity contribution >= 4 is 29.1 Å². The van der Waals surface area contributed by atoms with E-state index < -0.39 is 55.2 Å². The van der Waals surface area contributed by atoms with E-state index in [0.29, 0.717) is 29.3 Å². The van der Waals surface area contributed by atoms with Gasteiger partial charge in [0.2, 0.25) is 5.91 Å². The van der Waals surface area contributed by atoms with E-state index in [9.17, 15) is 30.3 Å². The third-order valence-electron chi connectivity index (χ3n) is 9.69. The van der Waals surface area contributed by atoms with Gasteiger partial charge in [0.15, 0.2) is 0 Å². The lowest BCUT2D eigenvalue weighted by atomic mass is 9.96. The predicted molar refractivity (Wildman–Crippen MR) is 199 cm³/mol. The Morgan fingerprint density at radius 1 is 0.943 bits per heavy atom. The average Bonchev–Trinajstić information content (AvgIpc) is 4.10. The fourth-order valence-corrected chi connectivity index (χ4v) is 6.85. The molecule has 12 nitrogen and oxygen atoms in total. The largest absolute Gasteiger partial charge is 0.490 e. The molecule has 0 radical (unpaired) electrons. The van der Waals surface area contributed by atoms with Crippen LogP contribution >= 0.6 is 23.2 Å². The summed E-state index contributed by atoms with van der Waals surface area (Å²) in [5.41, 5.74) is 4.13. The van der Waals surface area contributed by atoms with E-state index >= 15 is 0 Å². The summed E-state index contributed by atoms with van der Waals surface area (Å²) in [4.78, 5) is 18.8. The number of aryl methyl sites for hydroxylation is 1. The summed E-state index contributed by atoms with van der Waals surface area (Å²) in [7, 11) is 1.39. The lowest BCUT2D eigenvalue weighted by molar-refractivity contribution is -0.142. The van der Waals surface area contributed by atoms with Crippen LogP contribution in [0.2, 0.25) is 10.0 Å². The summed E-state index contributed by atoms with van der Waals surface area (Å²) in [6, 6.07) is 13.7. The summed E-state index contributed by atoms with van der Waals surface area (Å²) < 4.78 is 17.8. The van der Waals surface area contributed by atoms with E-state index in [2.05, 4.69) is 11.1 Å². The molecule has 0 unspecified atom stereocenters. The SMILES string of the molecule is COC[C@H](O)CN(C[C@H](O)[C@@H](O)[C@H](O)[C@H](O)CO)C(=O)CCCCc1cc(Cl)c(COC2(c3cnccc3-c3ccccc3OC3CC3)CC2)cc1Cl. The van der Waals surface area contributed by atoms with Gasteiger partial charge in [-0.05, 0) is 85.9 Å². The number of aliphatic hydroxyl groups is 6. The molecule has 2 fully saturated rings. The van der Waals surface area contributed by atoms with Gasteiger partial charge in [0, 0.05) is 60.2 Å². The van der Waals surface area contributed by atoms with Crippen LogP contribution in [-0.2, 0) is 32.9 Å². The maximum absolute atomic E-state index is 13.2. The van der Waals surface area contributed by atoms with Gasteiger partial charge in [0.05, 0.1) is 37.6 Å². The number of unbranched alkanes of at least 4 members (excludes halogenated alkanes) is 1. The first-order chi connectivity index (χ1) is 25.5. The minimum atomic E-state index is -1.84. The van der Waals surface area contributed by atoms with Crippen molar-refractivity contribution in [3.63, 3.8) is 0 Å². The lowest BCUT2D eigenvalue weighted by Crippen LogP contribution is -2.51. The molecule has 1 heterocycles. The Morgan fingerprint density at radius 3 is 2.34 bits per heavy atom. The number of ether oxygens (including phenoxy) is 3. The molecule has 1 amide bonds. The molecule has 6 N–H and O–H groups in total. The molecule has 0 bridgehead atoms. The Balaban J connectivity index is 1.16. The molecule has 2 aromatic carbocycles. The second kappa shape index (κ2) is 19.1. The summed E-state index contributed by atoms with van der Waals surface area (Å²) in [6.45, 7) is -1.25. The zero-order chi connectivity index (χ0) is 38.1. The molecule has 5 atom stereocenters. The Morgan fingerprint density at radius 2 is 1.64 bits per heavy atom. The zero-order valence-corrected chi connectivity index (χ0v) is 31.3. The van der Waals surface area contributed by atoms with Crippen LogP contribution in [0.3, 0.4) is 0 Å². The monoisotopic (exact) mass is 776 g/mol. The number of carbonyl (C=O) groups excluding carboxylic acids is 1. The number of para-hydroxylation sites is 1. The fourth-order valence-electron chi connectivity index (χ4n) is 6.33. The summed E-state index contributed by atoms with van der Waals surface area (Å²) in [6.07, 6.45) is 1.31. The number of benzene rings is 2. The highest BCUT2D eigenvalue weighted by Gasteiger charge is 2.48. The number of hydrogen-bond donors (Lipinski definition) is 6. The minimum absolute atomic E-state index is 0.0651. The third kappa shape index (κ3) is 11.1. The molecule has 2 saturated carbocycles. The predicted octanol–water partition coefficient (Wildman–Crippen LogP) is 3.79.